The van der Waals surface area contributed by atoms with Crippen LogP contribution < -0.4 is 5.32 Å². The number of halogens is 1. The first kappa shape index (κ1) is 14.4. The van der Waals surface area contributed by atoms with Crippen LogP contribution in [0.3, 0.4) is 0 Å². The zero-order valence-corrected chi connectivity index (χ0v) is 11.0. The Morgan fingerprint density at radius 1 is 1.33 bits per heavy atom. The standard InChI is InChI=1S/C10H19BrN2O2/c1-3-13(2)10(15)8-12-9(14)6-4-5-7-11/h3-8H2,1-2H3,(H,12,14). The molecular formula is C10H19BrN2O2. The fraction of sp³-hybridized carbons (Fsp3) is 0.800. The Balaban J connectivity index is 3.57. The summed E-state index contributed by atoms with van der Waals surface area (Å²) in [6.45, 7) is 2.67. The second-order valence-corrected chi connectivity index (χ2v) is 4.12. The lowest BCUT2D eigenvalue weighted by Crippen LogP contribution is -2.37. The minimum atomic E-state index is -0.0497. The van der Waals surface area contributed by atoms with Crippen molar-refractivity contribution < 1.29 is 9.59 Å². The van der Waals surface area contributed by atoms with E-state index in [1.165, 1.54) is 0 Å². The van der Waals surface area contributed by atoms with Crippen LogP contribution in [0, 0.1) is 0 Å². The summed E-state index contributed by atoms with van der Waals surface area (Å²) < 4.78 is 0. The molecule has 0 aromatic carbocycles. The average molecular weight is 279 g/mol. The average Bonchev–Trinajstić information content (AvgIpc) is 2.25. The number of carbonyl (C=O) groups excluding carboxylic acids is 2. The van der Waals surface area contributed by atoms with Crippen LogP contribution in [0.25, 0.3) is 0 Å². The lowest BCUT2D eigenvalue weighted by molar-refractivity contribution is -0.131. The molecule has 0 bridgehead atoms. The molecule has 0 unspecified atom stereocenters. The van der Waals surface area contributed by atoms with Crippen molar-refractivity contribution >= 4 is 27.7 Å². The van der Waals surface area contributed by atoms with E-state index < -0.39 is 0 Å². The number of nitrogens with one attached hydrogen (secondary N) is 1. The Labute approximate surface area is 99.5 Å². The molecule has 0 saturated heterocycles. The molecule has 0 aromatic rings. The molecule has 0 saturated carbocycles. The molecule has 0 aromatic heterocycles. The quantitative estimate of drug-likeness (QED) is 0.561. The van der Waals surface area contributed by atoms with E-state index >= 15 is 0 Å². The highest BCUT2D eigenvalue weighted by Gasteiger charge is 2.07. The topological polar surface area (TPSA) is 49.4 Å². The SMILES string of the molecule is CCN(C)C(=O)CNC(=O)CCCCBr. The molecular weight excluding hydrogens is 260 g/mol. The van der Waals surface area contributed by atoms with Crippen LogP contribution in [-0.4, -0.2) is 42.2 Å². The molecule has 1 N–H and O–H groups in total. The van der Waals surface area contributed by atoms with Gasteiger partial charge in [0.2, 0.25) is 11.8 Å². The maximum atomic E-state index is 11.3. The van der Waals surface area contributed by atoms with Crippen molar-refractivity contribution in [2.24, 2.45) is 0 Å². The van der Waals surface area contributed by atoms with Crippen LogP contribution in [-0.2, 0) is 9.59 Å². The molecule has 0 heterocycles. The highest BCUT2D eigenvalue weighted by Crippen LogP contribution is 1.97. The van der Waals surface area contributed by atoms with Gasteiger partial charge in [-0.05, 0) is 19.8 Å². The minimum absolute atomic E-state index is 0.0474. The van der Waals surface area contributed by atoms with Crippen molar-refractivity contribution in [2.75, 3.05) is 25.5 Å². The Kier molecular flexibility index (Phi) is 8.37. The fourth-order valence-corrected chi connectivity index (χ4v) is 1.35. The van der Waals surface area contributed by atoms with Crippen molar-refractivity contribution in [1.29, 1.82) is 0 Å². The predicted octanol–water partition coefficient (Wildman–Crippen LogP) is 1.15. The molecule has 88 valence electrons. The van der Waals surface area contributed by atoms with Crippen molar-refractivity contribution in [1.82, 2.24) is 10.2 Å². The van der Waals surface area contributed by atoms with E-state index in [9.17, 15) is 9.59 Å². The number of amides is 2. The first-order valence-corrected chi connectivity index (χ1v) is 6.30. The van der Waals surface area contributed by atoms with E-state index in [1.54, 1.807) is 11.9 Å². The molecule has 15 heavy (non-hydrogen) atoms. The third-order valence-corrected chi connectivity index (χ3v) is 2.69. The highest BCUT2D eigenvalue weighted by atomic mass is 79.9. The minimum Gasteiger partial charge on any atom is -0.347 e. The number of nitrogens with zero attached hydrogens (tertiary/aromatic N) is 1. The van der Waals surface area contributed by atoms with Gasteiger partial charge in [0.1, 0.15) is 0 Å². The van der Waals surface area contributed by atoms with Gasteiger partial charge in [0.05, 0.1) is 6.54 Å². The van der Waals surface area contributed by atoms with Crippen LogP contribution in [0.1, 0.15) is 26.2 Å². The number of hydrogen-bond donors (Lipinski definition) is 1. The zero-order chi connectivity index (χ0) is 11.7. The molecule has 0 rings (SSSR count). The van der Waals surface area contributed by atoms with E-state index in [1.807, 2.05) is 6.92 Å². The van der Waals surface area contributed by atoms with Crippen molar-refractivity contribution in [3.05, 3.63) is 0 Å². The highest BCUT2D eigenvalue weighted by molar-refractivity contribution is 9.09. The second kappa shape index (κ2) is 8.71. The lowest BCUT2D eigenvalue weighted by atomic mass is 10.2. The predicted molar refractivity (Wildman–Crippen MR) is 64.0 cm³/mol. The van der Waals surface area contributed by atoms with E-state index in [2.05, 4.69) is 21.2 Å². The number of unbranched alkanes of at least 4 members (excludes halogenated alkanes) is 1. The van der Waals surface area contributed by atoms with Gasteiger partial charge in [-0.25, -0.2) is 0 Å². The van der Waals surface area contributed by atoms with E-state index in [-0.39, 0.29) is 18.4 Å². The summed E-state index contributed by atoms with van der Waals surface area (Å²) in [5, 5.41) is 3.53. The van der Waals surface area contributed by atoms with Gasteiger partial charge in [0.15, 0.2) is 0 Å². The van der Waals surface area contributed by atoms with Gasteiger partial charge < -0.3 is 10.2 Å². The Hall–Kier alpha value is -0.580. The molecule has 0 spiro atoms. The Morgan fingerprint density at radius 2 is 2.00 bits per heavy atom. The molecule has 0 radical (unpaired) electrons. The fourth-order valence-electron chi connectivity index (χ4n) is 0.954. The van der Waals surface area contributed by atoms with Gasteiger partial charge in [0.25, 0.3) is 0 Å². The molecule has 4 nitrogen and oxygen atoms in total. The van der Waals surface area contributed by atoms with Crippen molar-refractivity contribution in [3.63, 3.8) is 0 Å². The maximum Gasteiger partial charge on any atom is 0.241 e. The summed E-state index contributed by atoms with van der Waals surface area (Å²) in [6, 6.07) is 0. The lowest BCUT2D eigenvalue weighted by Gasteiger charge is -2.14. The van der Waals surface area contributed by atoms with Crippen molar-refractivity contribution in [3.8, 4) is 0 Å². The number of hydrogen-bond acceptors (Lipinski definition) is 2. The number of alkyl halides is 1. The molecule has 0 aliphatic carbocycles. The summed E-state index contributed by atoms with van der Waals surface area (Å²) in [5.41, 5.74) is 0. The Morgan fingerprint density at radius 3 is 2.53 bits per heavy atom. The van der Waals surface area contributed by atoms with Gasteiger partial charge in [0, 0.05) is 25.3 Å². The summed E-state index contributed by atoms with van der Waals surface area (Å²) in [6.07, 6.45) is 2.33. The monoisotopic (exact) mass is 278 g/mol. The number of carbonyl (C=O) groups is 2. The maximum absolute atomic E-state index is 11.3. The summed E-state index contributed by atoms with van der Waals surface area (Å²) in [4.78, 5) is 24.1. The van der Waals surface area contributed by atoms with E-state index in [0.717, 1.165) is 18.2 Å². The van der Waals surface area contributed by atoms with E-state index in [4.69, 9.17) is 0 Å². The third-order valence-electron chi connectivity index (χ3n) is 2.12. The summed E-state index contributed by atoms with van der Waals surface area (Å²) in [5.74, 6) is -0.0971. The zero-order valence-electron chi connectivity index (χ0n) is 9.38. The Bertz CT molecular complexity index is 210. The summed E-state index contributed by atoms with van der Waals surface area (Å²) in [7, 11) is 1.72. The first-order valence-electron chi connectivity index (χ1n) is 5.18. The molecule has 0 aliphatic rings. The first-order chi connectivity index (χ1) is 7.11. The molecule has 2 amide bonds. The van der Waals surface area contributed by atoms with Crippen molar-refractivity contribution in [2.45, 2.75) is 26.2 Å². The molecule has 5 heteroatoms. The van der Waals surface area contributed by atoms with Gasteiger partial charge in [-0.1, -0.05) is 15.9 Å². The normalized spacial score (nSPS) is 9.80. The van der Waals surface area contributed by atoms with Crippen LogP contribution >= 0.6 is 15.9 Å². The number of rotatable bonds is 7. The van der Waals surface area contributed by atoms with E-state index in [0.29, 0.717) is 13.0 Å². The van der Waals surface area contributed by atoms with Gasteiger partial charge in [-0.3, -0.25) is 9.59 Å². The van der Waals surface area contributed by atoms with Gasteiger partial charge in [-0.2, -0.15) is 0 Å². The van der Waals surface area contributed by atoms with Gasteiger partial charge >= 0.3 is 0 Å². The third kappa shape index (κ3) is 7.36. The largest absolute Gasteiger partial charge is 0.347 e. The van der Waals surface area contributed by atoms with Crippen LogP contribution in [0.15, 0.2) is 0 Å². The summed E-state index contributed by atoms with van der Waals surface area (Å²) >= 11 is 3.30. The smallest absolute Gasteiger partial charge is 0.241 e. The number of likely N-dealkylation sites (N-methyl/N-ethyl adjacent to an activating group) is 1. The molecule has 0 fully saturated rings. The van der Waals surface area contributed by atoms with Crippen LogP contribution in [0.5, 0.6) is 0 Å². The van der Waals surface area contributed by atoms with Crippen LogP contribution in [0.2, 0.25) is 0 Å². The molecule has 0 aliphatic heterocycles. The second-order valence-electron chi connectivity index (χ2n) is 3.33. The molecule has 0 atom stereocenters. The van der Waals surface area contributed by atoms with Crippen LogP contribution in [0.4, 0.5) is 0 Å². The van der Waals surface area contributed by atoms with Gasteiger partial charge in [-0.15, -0.1) is 0 Å².